The highest BCUT2D eigenvalue weighted by Crippen LogP contribution is 2.46. The fraction of sp³-hybridized carbons (Fsp3) is 0.643. The molecule has 0 spiro atoms. The van der Waals surface area contributed by atoms with E-state index in [0.717, 1.165) is 4.90 Å². The van der Waals surface area contributed by atoms with Crippen LogP contribution in [0.1, 0.15) is 43.9 Å². The van der Waals surface area contributed by atoms with Crippen molar-refractivity contribution in [1.29, 1.82) is 0 Å². The van der Waals surface area contributed by atoms with Gasteiger partial charge in [-0.3, -0.25) is 4.79 Å². The van der Waals surface area contributed by atoms with E-state index in [-0.39, 0.29) is 19.4 Å². The maximum absolute atomic E-state index is 14.2. The highest BCUT2D eigenvalue weighted by Gasteiger charge is 2.63. The first kappa shape index (κ1) is 13.5. The Kier molecular flexibility index (Phi) is 3.08. The van der Waals surface area contributed by atoms with Crippen molar-refractivity contribution in [3.63, 3.8) is 0 Å². The Bertz CT molecular complexity index is 497. The van der Waals surface area contributed by atoms with E-state index in [1.807, 2.05) is 0 Å². The summed E-state index contributed by atoms with van der Waals surface area (Å²) in [6.45, 7) is 0.274. The molecule has 2 fully saturated rings. The van der Waals surface area contributed by atoms with Crippen LogP contribution in [0.15, 0.2) is 22.8 Å². The van der Waals surface area contributed by atoms with Crippen molar-refractivity contribution in [1.82, 2.24) is 4.90 Å². The number of likely N-dealkylation sites (tertiary alicyclic amines) is 1. The van der Waals surface area contributed by atoms with Crippen molar-refractivity contribution in [2.24, 2.45) is 0 Å². The molecule has 1 aliphatic heterocycles. The number of furan rings is 1. The van der Waals surface area contributed by atoms with Crippen molar-refractivity contribution in [3.05, 3.63) is 24.2 Å². The first-order valence-electron chi connectivity index (χ1n) is 6.90. The standard InChI is InChI=1S/C14H17F2NO3/c15-14(16,13(19)6-3-7-13)12(18)17-8-1-4-10(17)11-5-2-9-20-11/h2,5,9-10,19H,1,3-4,6-8H2. The van der Waals surface area contributed by atoms with Gasteiger partial charge >= 0.3 is 5.92 Å². The number of alkyl halides is 2. The van der Waals surface area contributed by atoms with Crippen molar-refractivity contribution in [2.75, 3.05) is 6.54 Å². The average molecular weight is 285 g/mol. The summed E-state index contributed by atoms with van der Waals surface area (Å²) in [6, 6.07) is 2.91. The molecule has 1 amide bonds. The topological polar surface area (TPSA) is 53.7 Å². The predicted molar refractivity (Wildman–Crippen MR) is 66.1 cm³/mol. The van der Waals surface area contributed by atoms with Gasteiger partial charge in [-0.1, -0.05) is 0 Å². The largest absolute Gasteiger partial charge is 0.467 e. The SMILES string of the molecule is O=C(N1CCCC1c1ccco1)C(F)(F)C1(O)CCC1. The third-order valence-electron chi connectivity index (χ3n) is 4.42. The van der Waals surface area contributed by atoms with E-state index in [2.05, 4.69) is 0 Å². The monoisotopic (exact) mass is 285 g/mol. The van der Waals surface area contributed by atoms with E-state index in [1.165, 1.54) is 6.26 Å². The highest BCUT2D eigenvalue weighted by atomic mass is 19.3. The van der Waals surface area contributed by atoms with E-state index in [1.54, 1.807) is 12.1 Å². The number of aliphatic hydroxyl groups is 1. The van der Waals surface area contributed by atoms with Crippen LogP contribution in [0.3, 0.4) is 0 Å². The first-order chi connectivity index (χ1) is 9.46. The molecule has 1 aromatic rings. The van der Waals surface area contributed by atoms with Crippen LogP contribution in [-0.4, -0.2) is 34.0 Å². The zero-order valence-electron chi connectivity index (χ0n) is 11.0. The van der Waals surface area contributed by atoms with Crippen LogP contribution in [0, 0.1) is 0 Å². The van der Waals surface area contributed by atoms with Crippen molar-refractivity contribution >= 4 is 5.91 Å². The van der Waals surface area contributed by atoms with E-state index in [4.69, 9.17) is 4.42 Å². The maximum Gasteiger partial charge on any atom is 0.352 e. The Balaban J connectivity index is 1.82. The summed E-state index contributed by atoms with van der Waals surface area (Å²) in [4.78, 5) is 13.3. The van der Waals surface area contributed by atoms with Crippen molar-refractivity contribution in [3.8, 4) is 0 Å². The summed E-state index contributed by atoms with van der Waals surface area (Å²) >= 11 is 0. The van der Waals surface area contributed by atoms with Gasteiger partial charge in [0.15, 0.2) is 0 Å². The number of hydrogen-bond acceptors (Lipinski definition) is 3. The molecule has 3 rings (SSSR count). The van der Waals surface area contributed by atoms with Gasteiger partial charge in [0, 0.05) is 6.54 Å². The van der Waals surface area contributed by atoms with Gasteiger partial charge in [-0.25, -0.2) is 0 Å². The second-order valence-corrected chi connectivity index (χ2v) is 5.63. The van der Waals surface area contributed by atoms with Gasteiger partial charge < -0.3 is 14.4 Å². The summed E-state index contributed by atoms with van der Waals surface area (Å²) in [7, 11) is 0. The van der Waals surface area contributed by atoms with Crippen LogP contribution in [0.5, 0.6) is 0 Å². The smallest absolute Gasteiger partial charge is 0.352 e. The van der Waals surface area contributed by atoms with Gasteiger partial charge in [0.1, 0.15) is 11.4 Å². The number of nitrogens with zero attached hydrogens (tertiary/aromatic N) is 1. The van der Waals surface area contributed by atoms with Crippen LogP contribution >= 0.6 is 0 Å². The molecule has 0 radical (unpaired) electrons. The Morgan fingerprint density at radius 2 is 2.20 bits per heavy atom. The van der Waals surface area contributed by atoms with Crippen LogP contribution in [-0.2, 0) is 4.79 Å². The molecule has 2 aliphatic rings. The maximum atomic E-state index is 14.2. The molecule has 1 aliphatic carbocycles. The molecule has 6 heteroatoms. The minimum absolute atomic E-state index is 0.0228. The van der Waals surface area contributed by atoms with Crippen LogP contribution in [0.2, 0.25) is 0 Å². The minimum atomic E-state index is -3.72. The van der Waals surface area contributed by atoms with Crippen LogP contribution < -0.4 is 0 Å². The Labute approximate surface area is 115 Å². The van der Waals surface area contributed by atoms with E-state index >= 15 is 0 Å². The molecule has 1 saturated heterocycles. The molecule has 4 nitrogen and oxygen atoms in total. The molecule has 1 unspecified atom stereocenters. The quantitative estimate of drug-likeness (QED) is 0.928. The highest BCUT2D eigenvalue weighted by molar-refractivity contribution is 5.85. The lowest BCUT2D eigenvalue weighted by Crippen LogP contribution is -2.61. The zero-order chi connectivity index (χ0) is 14.4. The van der Waals surface area contributed by atoms with Gasteiger partial charge in [0.25, 0.3) is 5.91 Å². The van der Waals surface area contributed by atoms with Gasteiger partial charge in [-0.15, -0.1) is 0 Å². The zero-order valence-corrected chi connectivity index (χ0v) is 11.0. The molecule has 0 aromatic carbocycles. The van der Waals surface area contributed by atoms with Gasteiger partial charge in [0.2, 0.25) is 0 Å². The number of halogens is 2. The second kappa shape index (κ2) is 4.55. The van der Waals surface area contributed by atoms with Crippen LogP contribution in [0.25, 0.3) is 0 Å². The predicted octanol–water partition coefficient (Wildman–Crippen LogP) is 2.49. The minimum Gasteiger partial charge on any atom is -0.467 e. The van der Waals surface area contributed by atoms with Gasteiger partial charge in [-0.2, -0.15) is 8.78 Å². The fourth-order valence-corrected chi connectivity index (χ4v) is 2.99. The molecule has 1 aromatic heterocycles. The van der Waals surface area contributed by atoms with Crippen LogP contribution in [0.4, 0.5) is 8.78 Å². The molecule has 2 heterocycles. The normalized spacial score (nSPS) is 25.6. The number of amides is 1. The lowest BCUT2D eigenvalue weighted by atomic mass is 9.75. The molecule has 20 heavy (non-hydrogen) atoms. The number of carbonyl (C=O) groups is 1. The molecule has 110 valence electrons. The van der Waals surface area contributed by atoms with Gasteiger partial charge in [0.05, 0.1) is 12.3 Å². The van der Waals surface area contributed by atoms with Crippen molar-refractivity contribution < 1.29 is 23.1 Å². The molecular weight excluding hydrogens is 268 g/mol. The second-order valence-electron chi connectivity index (χ2n) is 5.63. The number of hydrogen-bond donors (Lipinski definition) is 1. The average Bonchev–Trinajstić information content (AvgIpc) is 3.04. The summed E-state index contributed by atoms with van der Waals surface area (Å²) in [5.41, 5.74) is -2.17. The van der Waals surface area contributed by atoms with Gasteiger partial charge in [-0.05, 0) is 44.2 Å². The van der Waals surface area contributed by atoms with E-state index < -0.39 is 23.5 Å². The third-order valence-corrected chi connectivity index (χ3v) is 4.42. The summed E-state index contributed by atoms with van der Waals surface area (Å²) < 4.78 is 33.7. The number of carbonyl (C=O) groups excluding carboxylic acids is 1. The fourth-order valence-electron chi connectivity index (χ4n) is 2.99. The summed E-state index contributed by atoms with van der Waals surface area (Å²) in [6.07, 6.45) is 3.21. The molecule has 1 saturated carbocycles. The molecule has 1 atom stereocenters. The lowest BCUT2D eigenvalue weighted by Gasteiger charge is -2.43. The third kappa shape index (κ3) is 1.85. The Morgan fingerprint density at radius 1 is 1.45 bits per heavy atom. The van der Waals surface area contributed by atoms with E-state index in [0.29, 0.717) is 25.0 Å². The summed E-state index contributed by atoms with van der Waals surface area (Å²) in [5.74, 6) is -4.48. The molecular formula is C14H17F2NO3. The first-order valence-corrected chi connectivity index (χ1v) is 6.90. The molecule has 1 N–H and O–H groups in total. The summed E-state index contributed by atoms with van der Waals surface area (Å²) in [5, 5.41) is 9.86. The Morgan fingerprint density at radius 3 is 2.75 bits per heavy atom. The van der Waals surface area contributed by atoms with Crippen molar-refractivity contribution in [2.45, 2.75) is 49.7 Å². The Hall–Kier alpha value is -1.43. The molecule has 0 bridgehead atoms. The number of rotatable bonds is 3. The lowest BCUT2D eigenvalue weighted by molar-refractivity contribution is -0.224. The van der Waals surface area contributed by atoms with E-state index in [9.17, 15) is 18.7 Å².